The molecule has 149 valence electrons. The van der Waals surface area contributed by atoms with E-state index in [1.165, 1.54) is 23.4 Å². The molecule has 0 saturated heterocycles. The Labute approximate surface area is 183 Å². The molecule has 6 heteroatoms. The predicted octanol–water partition coefficient (Wildman–Crippen LogP) is 4.73. The molecule has 0 unspecified atom stereocenters. The van der Waals surface area contributed by atoms with Crippen LogP contribution in [0.5, 0.6) is 0 Å². The third-order valence-electron chi connectivity index (χ3n) is 4.13. The van der Waals surface area contributed by atoms with Crippen molar-refractivity contribution in [3.05, 3.63) is 102 Å². The van der Waals surface area contributed by atoms with Crippen molar-refractivity contribution in [3.8, 4) is 16.9 Å². The Bertz CT molecular complexity index is 1040. The van der Waals surface area contributed by atoms with Crippen LogP contribution in [0.3, 0.4) is 0 Å². The van der Waals surface area contributed by atoms with Crippen LogP contribution in [0.4, 0.5) is 0 Å². The van der Waals surface area contributed by atoms with Crippen molar-refractivity contribution in [2.75, 3.05) is 0 Å². The minimum absolute atomic E-state index is 0. The van der Waals surface area contributed by atoms with Crippen molar-refractivity contribution >= 4 is 5.97 Å². The Morgan fingerprint density at radius 2 is 1.69 bits per heavy atom. The third-order valence-corrected chi connectivity index (χ3v) is 4.13. The molecule has 5 nitrogen and oxygen atoms in total. The number of pyridine rings is 1. The second kappa shape index (κ2) is 10.5. The van der Waals surface area contributed by atoms with E-state index >= 15 is 0 Å². The van der Waals surface area contributed by atoms with E-state index < -0.39 is 5.97 Å². The summed E-state index contributed by atoms with van der Waals surface area (Å²) in [7, 11) is 0. The van der Waals surface area contributed by atoms with E-state index in [9.17, 15) is 4.79 Å². The van der Waals surface area contributed by atoms with Gasteiger partial charge in [0.1, 0.15) is 5.69 Å². The van der Waals surface area contributed by atoms with E-state index in [-0.39, 0.29) is 25.8 Å². The maximum Gasteiger partial charge on any atom is 0.354 e. The molecule has 0 aliphatic heterocycles. The largest absolute Gasteiger partial charge is 0.477 e. The maximum atomic E-state index is 10.1. The molecule has 0 saturated carbocycles. The molecule has 1 radical (unpaired) electrons. The first-order valence-corrected chi connectivity index (χ1v) is 8.80. The van der Waals surface area contributed by atoms with Gasteiger partial charge in [0, 0.05) is 38.2 Å². The fourth-order valence-electron chi connectivity index (χ4n) is 2.80. The van der Waals surface area contributed by atoms with Gasteiger partial charge >= 0.3 is 5.97 Å². The molecular formula is C23H20IrN3O2-. The molecule has 0 aliphatic carbocycles. The average Bonchev–Trinajstić information content (AvgIpc) is 3.19. The van der Waals surface area contributed by atoms with Gasteiger partial charge in [0.05, 0.1) is 5.69 Å². The number of carboxylic acids is 1. The van der Waals surface area contributed by atoms with Crippen LogP contribution in [0.15, 0.2) is 79.1 Å². The molecule has 0 atom stereocenters. The van der Waals surface area contributed by atoms with Gasteiger partial charge in [-0.1, -0.05) is 30.3 Å². The number of carboxylic acid groups (broad SMARTS) is 1. The quantitative estimate of drug-likeness (QED) is 0.367. The zero-order valence-corrected chi connectivity index (χ0v) is 18.4. The fourth-order valence-corrected chi connectivity index (χ4v) is 2.80. The van der Waals surface area contributed by atoms with Crippen LogP contribution in [-0.2, 0) is 20.1 Å². The Morgan fingerprint density at radius 1 is 0.966 bits per heavy atom. The van der Waals surface area contributed by atoms with Gasteiger partial charge in [0.2, 0.25) is 0 Å². The second-order valence-electron chi connectivity index (χ2n) is 6.18. The summed E-state index contributed by atoms with van der Waals surface area (Å²) in [5.41, 5.74) is 5.66. The number of para-hydroxylation sites is 1. The maximum absolute atomic E-state index is 10.1. The molecule has 2 aromatic heterocycles. The molecule has 0 amide bonds. The van der Waals surface area contributed by atoms with Crippen molar-refractivity contribution < 1.29 is 30.0 Å². The topological polar surface area (TPSA) is 68.0 Å². The van der Waals surface area contributed by atoms with Crippen LogP contribution in [0.1, 0.15) is 21.6 Å². The molecule has 4 rings (SSSR count). The molecule has 0 spiro atoms. The number of hydrogen-bond donors (Lipinski definition) is 1. The van der Waals surface area contributed by atoms with Gasteiger partial charge in [-0.25, -0.2) is 19.6 Å². The van der Waals surface area contributed by atoms with Crippen molar-refractivity contribution in [3.63, 3.8) is 0 Å². The van der Waals surface area contributed by atoms with Crippen LogP contribution in [0.2, 0.25) is 0 Å². The van der Waals surface area contributed by atoms with Crippen molar-refractivity contribution in [1.82, 2.24) is 14.8 Å². The Kier molecular flexibility index (Phi) is 8.01. The first kappa shape index (κ1) is 22.2. The zero-order chi connectivity index (χ0) is 19.9. The van der Waals surface area contributed by atoms with Crippen LogP contribution >= 0.6 is 0 Å². The van der Waals surface area contributed by atoms with Crippen LogP contribution in [0, 0.1) is 19.9 Å². The molecule has 0 bridgehead atoms. The van der Waals surface area contributed by atoms with Crippen LogP contribution in [0.25, 0.3) is 16.9 Å². The van der Waals surface area contributed by atoms with E-state index in [1.54, 1.807) is 12.1 Å². The van der Waals surface area contributed by atoms with E-state index in [0.717, 1.165) is 16.9 Å². The Balaban J connectivity index is 0.000000255. The van der Waals surface area contributed by atoms with Gasteiger partial charge in [-0.15, -0.1) is 35.9 Å². The van der Waals surface area contributed by atoms with Crippen molar-refractivity contribution in [2.24, 2.45) is 0 Å². The minimum atomic E-state index is -0.990. The number of benzene rings is 2. The third kappa shape index (κ3) is 5.70. The molecule has 4 aromatic rings. The predicted molar refractivity (Wildman–Crippen MR) is 109 cm³/mol. The average molecular weight is 563 g/mol. The number of rotatable bonds is 3. The van der Waals surface area contributed by atoms with Crippen molar-refractivity contribution in [1.29, 1.82) is 0 Å². The van der Waals surface area contributed by atoms with Gasteiger partial charge in [0.15, 0.2) is 0 Å². The first-order valence-electron chi connectivity index (χ1n) is 8.80. The monoisotopic (exact) mass is 563 g/mol. The second-order valence-corrected chi connectivity index (χ2v) is 6.18. The van der Waals surface area contributed by atoms with Gasteiger partial charge in [-0.05, 0) is 37.1 Å². The zero-order valence-electron chi connectivity index (χ0n) is 16.0. The number of carbonyl (C=O) groups is 1. The smallest absolute Gasteiger partial charge is 0.354 e. The molecular weight excluding hydrogens is 542 g/mol. The summed E-state index contributed by atoms with van der Waals surface area (Å²) < 4.78 is 1.95. The van der Waals surface area contributed by atoms with Gasteiger partial charge in [-0.2, -0.15) is 0 Å². The van der Waals surface area contributed by atoms with Crippen LogP contribution < -0.4 is 0 Å². The number of aromatic carboxylic acids is 1. The normalized spacial score (nSPS) is 9.72. The summed E-state index contributed by atoms with van der Waals surface area (Å²) in [6.07, 6.45) is 3.45. The number of nitrogens with zero attached hydrogens (tertiary/aromatic N) is 3. The minimum Gasteiger partial charge on any atom is -0.477 e. The molecule has 0 fully saturated rings. The summed E-state index contributed by atoms with van der Waals surface area (Å²) in [6, 6.07) is 24.2. The van der Waals surface area contributed by atoms with Gasteiger partial charge in [-0.3, -0.25) is 0 Å². The molecule has 2 aromatic carbocycles. The molecule has 2 heterocycles. The van der Waals surface area contributed by atoms with E-state index in [0.29, 0.717) is 0 Å². The summed E-state index contributed by atoms with van der Waals surface area (Å²) in [4.78, 5) is 13.7. The summed E-state index contributed by atoms with van der Waals surface area (Å²) in [6.45, 7) is 4.22. The number of aromatic nitrogens is 3. The standard InChI is InChI=1S/C17H15N2.C6H5NO2.Ir/c1-13-7-6-8-14(2)17(13)19-12-11-16(18-19)15-9-4-3-5-10-15;8-6(9)5-3-1-2-4-7-5;/h3-9,11-12H,1-2H3;1-4H,(H,8,9);/q-1;;. The first-order chi connectivity index (χ1) is 13.6. The number of aryl methyl sites for hydroxylation is 2. The summed E-state index contributed by atoms with van der Waals surface area (Å²) in [5.74, 6) is -0.990. The SMILES string of the molecule is Cc1cccc(C)c1-n1ccc(-c2[c-]cccc2)n1.O=C(O)c1ccccn1.[Ir]. The molecule has 1 N–H and O–H groups in total. The van der Waals surface area contributed by atoms with E-state index in [1.807, 2.05) is 41.2 Å². The fraction of sp³-hybridized carbons (Fsp3) is 0.0870. The Hall–Kier alpha value is -3.08. The molecule has 29 heavy (non-hydrogen) atoms. The number of hydrogen-bond acceptors (Lipinski definition) is 3. The Morgan fingerprint density at radius 3 is 2.24 bits per heavy atom. The summed E-state index contributed by atoms with van der Waals surface area (Å²) in [5, 5.41) is 13.0. The molecule has 0 aliphatic rings. The van der Waals surface area contributed by atoms with E-state index in [4.69, 9.17) is 5.11 Å². The van der Waals surface area contributed by atoms with Crippen LogP contribution in [-0.4, -0.2) is 25.8 Å². The van der Waals surface area contributed by atoms with E-state index in [2.05, 4.69) is 48.2 Å². The van der Waals surface area contributed by atoms with Gasteiger partial charge in [0.25, 0.3) is 0 Å². The van der Waals surface area contributed by atoms with Crippen molar-refractivity contribution in [2.45, 2.75) is 13.8 Å². The van der Waals surface area contributed by atoms with Gasteiger partial charge < -0.3 is 5.11 Å². The summed E-state index contributed by atoms with van der Waals surface area (Å²) >= 11 is 0.